The summed E-state index contributed by atoms with van der Waals surface area (Å²) in [6, 6.07) is 5.39. The lowest BCUT2D eigenvalue weighted by Gasteiger charge is -2.15. The zero-order valence-corrected chi connectivity index (χ0v) is 10.9. The van der Waals surface area contributed by atoms with Gasteiger partial charge in [0.05, 0.1) is 7.11 Å². The van der Waals surface area contributed by atoms with E-state index in [1.165, 1.54) is 6.92 Å². The third-order valence-electron chi connectivity index (χ3n) is 2.49. The van der Waals surface area contributed by atoms with Gasteiger partial charge in [0.1, 0.15) is 11.5 Å². The fourth-order valence-electron chi connectivity index (χ4n) is 1.42. The number of carboxylic acids is 1. The summed E-state index contributed by atoms with van der Waals surface area (Å²) in [4.78, 5) is 10.8. The lowest BCUT2D eigenvalue weighted by molar-refractivity contribution is -0.144. The molecular weight excluding hydrogens is 234 g/mol. The molecule has 0 bridgehead atoms. The third kappa shape index (κ3) is 3.92. The molecule has 1 aromatic carbocycles. The average Bonchev–Trinajstić information content (AvgIpc) is 2.36. The number of hydrogen-bond donors (Lipinski definition) is 2. The van der Waals surface area contributed by atoms with Gasteiger partial charge in [0, 0.05) is 18.2 Å². The number of rotatable bonds is 7. The first-order chi connectivity index (χ1) is 8.58. The summed E-state index contributed by atoms with van der Waals surface area (Å²) in [7, 11) is 1.56. The minimum atomic E-state index is -0.993. The normalized spacial score (nSPS) is 11.9. The summed E-state index contributed by atoms with van der Waals surface area (Å²) >= 11 is 0. The summed E-state index contributed by atoms with van der Waals surface area (Å²) in [6.45, 7) is 4.96. The van der Waals surface area contributed by atoms with E-state index in [-0.39, 0.29) is 0 Å². The molecule has 0 aliphatic heterocycles. The van der Waals surface area contributed by atoms with Crippen molar-refractivity contribution in [3.8, 4) is 11.5 Å². The van der Waals surface area contributed by atoms with Gasteiger partial charge in [-0.2, -0.15) is 0 Å². The van der Waals surface area contributed by atoms with E-state index in [0.29, 0.717) is 18.0 Å². The maximum atomic E-state index is 10.8. The first kappa shape index (κ1) is 14.3. The highest BCUT2D eigenvalue weighted by Crippen LogP contribution is 2.25. The molecule has 2 N–H and O–H groups in total. The smallest absolute Gasteiger partial charge is 0.344 e. The van der Waals surface area contributed by atoms with Crippen molar-refractivity contribution in [1.82, 2.24) is 5.32 Å². The fraction of sp³-hybridized carbons (Fsp3) is 0.462. The van der Waals surface area contributed by atoms with E-state index < -0.39 is 12.1 Å². The van der Waals surface area contributed by atoms with Gasteiger partial charge >= 0.3 is 5.97 Å². The molecule has 0 radical (unpaired) electrons. The van der Waals surface area contributed by atoms with Gasteiger partial charge in [-0.05, 0) is 19.5 Å². The Morgan fingerprint density at radius 1 is 1.50 bits per heavy atom. The molecule has 1 rings (SSSR count). The van der Waals surface area contributed by atoms with E-state index >= 15 is 0 Å². The monoisotopic (exact) mass is 253 g/mol. The number of aliphatic carboxylic acids is 1. The van der Waals surface area contributed by atoms with Crippen LogP contribution in [-0.4, -0.2) is 30.8 Å². The van der Waals surface area contributed by atoms with Gasteiger partial charge in [0.2, 0.25) is 0 Å². The Balaban J connectivity index is 2.92. The predicted molar refractivity (Wildman–Crippen MR) is 68.1 cm³/mol. The molecule has 0 aromatic heterocycles. The Kier molecular flexibility index (Phi) is 5.45. The van der Waals surface area contributed by atoms with E-state index in [9.17, 15) is 4.79 Å². The van der Waals surface area contributed by atoms with Gasteiger partial charge in [0.25, 0.3) is 0 Å². The van der Waals surface area contributed by atoms with Crippen LogP contribution in [0.5, 0.6) is 11.5 Å². The van der Waals surface area contributed by atoms with Crippen molar-refractivity contribution in [1.29, 1.82) is 0 Å². The van der Waals surface area contributed by atoms with Gasteiger partial charge in [-0.1, -0.05) is 13.0 Å². The van der Waals surface area contributed by atoms with Crippen LogP contribution in [0.3, 0.4) is 0 Å². The van der Waals surface area contributed by atoms with Gasteiger partial charge in [-0.3, -0.25) is 0 Å². The molecule has 0 saturated carbocycles. The number of carboxylic acid groups (broad SMARTS) is 1. The Bertz CT molecular complexity index is 406. The standard InChI is InChI=1S/C13H19NO4/c1-4-14-8-10-5-6-11(17-3)7-12(10)18-9(2)13(15)16/h5-7,9,14H,4,8H2,1-3H3,(H,15,16). The molecule has 100 valence electrons. The molecule has 0 fully saturated rings. The predicted octanol–water partition coefficient (Wildman–Crippen LogP) is 1.66. The van der Waals surface area contributed by atoms with E-state index in [0.717, 1.165) is 12.1 Å². The summed E-state index contributed by atoms with van der Waals surface area (Å²) in [5, 5.41) is 12.0. The molecule has 0 heterocycles. The maximum Gasteiger partial charge on any atom is 0.344 e. The Morgan fingerprint density at radius 2 is 2.22 bits per heavy atom. The Labute approximate surface area is 107 Å². The second-order valence-corrected chi connectivity index (χ2v) is 3.85. The van der Waals surface area contributed by atoms with Gasteiger partial charge in [0.15, 0.2) is 6.10 Å². The fourth-order valence-corrected chi connectivity index (χ4v) is 1.42. The van der Waals surface area contributed by atoms with Crippen LogP contribution in [-0.2, 0) is 11.3 Å². The first-order valence-corrected chi connectivity index (χ1v) is 5.85. The van der Waals surface area contributed by atoms with Crippen LogP contribution >= 0.6 is 0 Å². The molecule has 18 heavy (non-hydrogen) atoms. The molecule has 0 saturated heterocycles. The van der Waals surface area contributed by atoms with Gasteiger partial charge < -0.3 is 19.9 Å². The molecule has 5 nitrogen and oxygen atoms in total. The summed E-state index contributed by atoms with van der Waals surface area (Å²) in [5.74, 6) is 0.181. The molecular formula is C13H19NO4. The van der Waals surface area contributed by atoms with E-state index in [1.54, 1.807) is 13.2 Å². The van der Waals surface area contributed by atoms with Crippen LogP contribution in [0, 0.1) is 0 Å². The number of hydrogen-bond acceptors (Lipinski definition) is 4. The highest BCUT2D eigenvalue weighted by Gasteiger charge is 2.15. The molecule has 0 spiro atoms. The number of methoxy groups -OCH3 is 1. The second kappa shape index (κ2) is 6.86. The van der Waals surface area contributed by atoms with Crippen molar-refractivity contribution >= 4 is 5.97 Å². The molecule has 0 aliphatic rings. The molecule has 1 atom stereocenters. The summed E-state index contributed by atoms with van der Waals surface area (Å²) in [6.07, 6.45) is -0.891. The average molecular weight is 253 g/mol. The van der Waals surface area contributed by atoms with Crippen molar-refractivity contribution in [3.05, 3.63) is 23.8 Å². The molecule has 0 aliphatic carbocycles. The quantitative estimate of drug-likeness (QED) is 0.773. The summed E-state index contributed by atoms with van der Waals surface area (Å²) < 4.78 is 10.5. The lowest BCUT2D eigenvalue weighted by atomic mass is 10.2. The zero-order chi connectivity index (χ0) is 13.5. The number of benzene rings is 1. The van der Waals surface area contributed by atoms with E-state index in [2.05, 4.69) is 5.32 Å². The Hall–Kier alpha value is -1.75. The van der Waals surface area contributed by atoms with Crippen molar-refractivity contribution in [2.24, 2.45) is 0 Å². The van der Waals surface area contributed by atoms with E-state index in [4.69, 9.17) is 14.6 Å². The minimum Gasteiger partial charge on any atom is -0.497 e. The van der Waals surface area contributed by atoms with Crippen molar-refractivity contribution in [3.63, 3.8) is 0 Å². The van der Waals surface area contributed by atoms with E-state index in [1.807, 2.05) is 19.1 Å². The number of ether oxygens (including phenoxy) is 2. The number of nitrogens with one attached hydrogen (secondary N) is 1. The second-order valence-electron chi connectivity index (χ2n) is 3.85. The molecule has 1 unspecified atom stereocenters. The van der Waals surface area contributed by atoms with Crippen LogP contribution in [0.2, 0.25) is 0 Å². The van der Waals surface area contributed by atoms with Crippen LogP contribution < -0.4 is 14.8 Å². The van der Waals surface area contributed by atoms with Crippen LogP contribution in [0.15, 0.2) is 18.2 Å². The topological polar surface area (TPSA) is 67.8 Å². The Morgan fingerprint density at radius 3 is 2.78 bits per heavy atom. The largest absolute Gasteiger partial charge is 0.497 e. The maximum absolute atomic E-state index is 10.8. The molecule has 5 heteroatoms. The van der Waals surface area contributed by atoms with Crippen LogP contribution in [0.25, 0.3) is 0 Å². The highest BCUT2D eigenvalue weighted by molar-refractivity contribution is 5.72. The van der Waals surface area contributed by atoms with Gasteiger partial charge in [-0.25, -0.2) is 4.79 Å². The summed E-state index contributed by atoms with van der Waals surface area (Å²) in [5.41, 5.74) is 0.908. The zero-order valence-electron chi connectivity index (χ0n) is 10.9. The SMILES string of the molecule is CCNCc1ccc(OC)cc1OC(C)C(=O)O. The minimum absolute atomic E-state index is 0.533. The van der Waals surface area contributed by atoms with Crippen molar-refractivity contribution < 1.29 is 19.4 Å². The highest BCUT2D eigenvalue weighted by atomic mass is 16.5. The van der Waals surface area contributed by atoms with Crippen LogP contribution in [0.1, 0.15) is 19.4 Å². The molecule has 0 amide bonds. The lowest BCUT2D eigenvalue weighted by Crippen LogP contribution is -2.24. The first-order valence-electron chi connectivity index (χ1n) is 5.85. The third-order valence-corrected chi connectivity index (χ3v) is 2.49. The van der Waals surface area contributed by atoms with Gasteiger partial charge in [-0.15, -0.1) is 0 Å². The van der Waals surface area contributed by atoms with Crippen molar-refractivity contribution in [2.45, 2.75) is 26.5 Å². The van der Waals surface area contributed by atoms with Crippen LogP contribution in [0.4, 0.5) is 0 Å². The molecule has 1 aromatic rings. The van der Waals surface area contributed by atoms with Crippen molar-refractivity contribution in [2.75, 3.05) is 13.7 Å². The number of carbonyl (C=O) groups is 1.